The number of primary amides is 1. The molecular formula is C30H45BrN6O7. The van der Waals surface area contributed by atoms with Gasteiger partial charge in [0.05, 0.1) is 12.5 Å². The molecule has 1 heterocycles. The van der Waals surface area contributed by atoms with Gasteiger partial charge in [-0.05, 0) is 56.2 Å². The van der Waals surface area contributed by atoms with Crippen LogP contribution in [0.3, 0.4) is 0 Å². The summed E-state index contributed by atoms with van der Waals surface area (Å²) >= 11 is 3.40. The molecule has 1 aliphatic rings. The Labute approximate surface area is 266 Å². The number of nitrogens with one attached hydrogen (secondary N) is 4. The quantitative estimate of drug-likeness (QED) is 0.0997. The van der Waals surface area contributed by atoms with Crippen LogP contribution in [0.1, 0.15) is 64.9 Å². The number of alkyl halides is 1. The number of piperidine rings is 1. The molecule has 0 radical (unpaired) electrons. The van der Waals surface area contributed by atoms with Gasteiger partial charge >= 0.3 is 12.0 Å². The minimum absolute atomic E-state index is 0.0823. The Kier molecular flexibility index (Phi) is 15.7. The van der Waals surface area contributed by atoms with Crippen molar-refractivity contribution >= 4 is 57.2 Å². The summed E-state index contributed by atoms with van der Waals surface area (Å²) in [6.45, 7) is 6.63. The molecule has 0 aliphatic carbocycles. The fourth-order valence-corrected chi connectivity index (χ4v) is 5.12. The first kappa shape index (κ1) is 36.5. The summed E-state index contributed by atoms with van der Waals surface area (Å²) in [6, 6.07) is 5.09. The summed E-state index contributed by atoms with van der Waals surface area (Å²) in [5, 5.41) is 11.4. The molecule has 14 heteroatoms. The molecule has 0 spiro atoms. The summed E-state index contributed by atoms with van der Waals surface area (Å²) < 4.78 is 5.05. The third kappa shape index (κ3) is 12.5. The van der Waals surface area contributed by atoms with E-state index in [1.165, 1.54) is 0 Å². The molecule has 1 saturated heterocycles. The lowest BCUT2D eigenvalue weighted by molar-refractivity contribution is -0.151. The number of hydrogen-bond acceptors (Lipinski definition) is 8. The van der Waals surface area contributed by atoms with E-state index < -0.39 is 35.8 Å². The molecule has 0 aromatic heterocycles. The number of ether oxygens (including phenoxy) is 1. The average molecular weight is 682 g/mol. The molecule has 244 valence electrons. The van der Waals surface area contributed by atoms with Gasteiger partial charge in [-0.3, -0.25) is 29.3 Å². The van der Waals surface area contributed by atoms with E-state index in [1.807, 2.05) is 24.3 Å². The van der Waals surface area contributed by atoms with Crippen LogP contribution in [-0.2, 0) is 34.0 Å². The summed E-state index contributed by atoms with van der Waals surface area (Å²) in [7, 11) is 0. The molecular weight excluding hydrogens is 636 g/mol. The lowest BCUT2D eigenvalue weighted by Crippen LogP contribution is -2.54. The number of carbonyl (C=O) groups excluding carboxylic acids is 6. The van der Waals surface area contributed by atoms with Gasteiger partial charge in [0.25, 0.3) is 0 Å². The molecule has 1 aromatic carbocycles. The van der Waals surface area contributed by atoms with Crippen LogP contribution in [0, 0.1) is 11.8 Å². The second-order valence-corrected chi connectivity index (χ2v) is 11.6. The lowest BCUT2D eigenvalue weighted by Gasteiger charge is -2.31. The van der Waals surface area contributed by atoms with Gasteiger partial charge in [-0.15, -0.1) is 0 Å². The molecule has 2 atom stereocenters. The van der Waals surface area contributed by atoms with Crippen LogP contribution in [0.4, 0.5) is 10.5 Å². The number of benzene rings is 1. The second-order valence-electron chi connectivity index (χ2n) is 11.0. The minimum Gasteiger partial charge on any atom is -0.466 e. The minimum atomic E-state index is -1.01. The Morgan fingerprint density at radius 2 is 1.68 bits per heavy atom. The molecule has 1 aliphatic heterocycles. The number of nitrogens with two attached hydrogens (primary N) is 1. The maximum absolute atomic E-state index is 13.4. The number of halogens is 1. The van der Waals surface area contributed by atoms with Crippen LogP contribution in [-0.4, -0.2) is 78.9 Å². The van der Waals surface area contributed by atoms with Gasteiger partial charge in [-0.1, -0.05) is 41.9 Å². The molecule has 13 nitrogen and oxygen atoms in total. The normalized spacial score (nSPS) is 14.7. The molecule has 2 rings (SSSR count). The molecule has 1 aromatic rings. The second kappa shape index (κ2) is 18.9. The van der Waals surface area contributed by atoms with E-state index in [1.54, 1.807) is 25.7 Å². The van der Waals surface area contributed by atoms with E-state index in [0.29, 0.717) is 56.4 Å². The number of anilines is 1. The van der Waals surface area contributed by atoms with Crippen LogP contribution in [0.15, 0.2) is 24.3 Å². The summed E-state index contributed by atoms with van der Waals surface area (Å²) in [4.78, 5) is 76.2. The molecule has 44 heavy (non-hydrogen) atoms. The molecule has 0 bridgehead atoms. The van der Waals surface area contributed by atoms with Crippen LogP contribution >= 0.6 is 15.9 Å². The highest BCUT2D eigenvalue weighted by atomic mass is 79.9. The highest BCUT2D eigenvalue weighted by Crippen LogP contribution is 2.20. The van der Waals surface area contributed by atoms with Crippen molar-refractivity contribution in [2.75, 3.05) is 31.6 Å². The highest BCUT2D eigenvalue weighted by Gasteiger charge is 2.30. The zero-order valence-electron chi connectivity index (χ0n) is 25.7. The van der Waals surface area contributed by atoms with Crippen molar-refractivity contribution in [1.82, 2.24) is 20.9 Å². The smallest absolute Gasteiger partial charge is 0.312 e. The standard InChI is InChI=1S/C30H45BrN6O7/c1-4-44-29(42)21-13-16-37(17-14-21)25(39)12-11-24(38)35-28(41)26(19(2)3)36-27(40)23(6-5-15-33-30(32)43)34-22-9-7-20(18-31)8-10-22/h7-10,19,21,23,26,34H,4-6,11-18H2,1-3H3,(H,36,40)(H3,32,33,43)(H,35,38,41)/t23-,26-/m0/s1. The Balaban J connectivity index is 1.93. The molecule has 6 N–H and O–H groups in total. The number of rotatable bonds is 16. The monoisotopic (exact) mass is 680 g/mol. The number of carbonyl (C=O) groups is 6. The lowest BCUT2D eigenvalue weighted by atomic mass is 9.96. The Morgan fingerprint density at radius 3 is 2.25 bits per heavy atom. The first-order valence-corrected chi connectivity index (χ1v) is 16.1. The number of amides is 6. The zero-order chi connectivity index (χ0) is 32.6. The Bertz CT molecular complexity index is 1140. The third-order valence-electron chi connectivity index (χ3n) is 7.28. The first-order valence-electron chi connectivity index (χ1n) is 15.0. The maximum atomic E-state index is 13.4. The molecule has 0 saturated carbocycles. The number of imide groups is 1. The summed E-state index contributed by atoms with van der Waals surface area (Å²) in [6.07, 6.45) is 1.51. The van der Waals surface area contributed by atoms with Crippen LogP contribution in [0.25, 0.3) is 0 Å². The number of esters is 1. The third-order valence-corrected chi connectivity index (χ3v) is 7.92. The van der Waals surface area contributed by atoms with Crippen LogP contribution in [0.5, 0.6) is 0 Å². The van der Waals surface area contributed by atoms with Gasteiger partial charge in [0.15, 0.2) is 0 Å². The highest BCUT2D eigenvalue weighted by molar-refractivity contribution is 9.08. The largest absolute Gasteiger partial charge is 0.466 e. The van der Waals surface area contributed by atoms with Crippen LogP contribution in [0.2, 0.25) is 0 Å². The van der Waals surface area contributed by atoms with Gasteiger partial charge in [0.2, 0.25) is 23.6 Å². The summed E-state index contributed by atoms with van der Waals surface area (Å²) in [5.74, 6) is -2.80. The number of urea groups is 1. The van der Waals surface area contributed by atoms with Crippen molar-refractivity contribution in [2.45, 2.75) is 76.7 Å². The van der Waals surface area contributed by atoms with Crippen molar-refractivity contribution in [3.8, 4) is 0 Å². The Hall–Kier alpha value is -3.68. The maximum Gasteiger partial charge on any atom is 0.312 e. The van der Waals surface area contributed by atoms with Gasteiger partial charge in [-0.2, -0.15) is 0 Å². The summed E-state index contributed by atoms with van der Waals surface area (Å²) in [5.41, 5.74) is 6.90. The SMILES string of the molecule is CCOC(=O)C1CCN(C(=O)CCC(=O)NC(=O)[C@@H](NC(=O)[C@H](CCCNC(N)=O)Nc2ccc(CBr)cc2)C(C)C)CC1. The van der Waals surface area contributed by atoms with Gasteiger partial charge in [0, 0.05) is 43.5 Å². The fraction of sp³-hybridized carbons (Fsp3) is 0.600. The van der Waals surface area contributed by atoms with Crippen molar-refractivity contribution in [3.63, 3.8) is 0 Å². The van der Waals surface area contributed by atoms with Crippen molar-refractivity contribution in [2.24, 2.45) is 17.6 Å². The first-order chi connectivity index (χ1) is 20.9. The van der Waals surface area contributed by atoms with E-state index >= 15 is 0 Å². The van der Waals surface area contributed by atoms with Gasteiger partial charge < -0.3 is 31.3 Å². The predicted molar refractivity (Wildman–Crippen MR) is 168 cm³/mol. The average Bonchev–Trinajstić information content (AvgIpc) is 3.00. The number of nitrogens with zero attached hydrogens (tertiary/aromatic N) is 1. The molecule has 6 amide bonds. The zero-order valence-corrected chi connectivity index (χ0v) is 27.2. The van der Waals surface area contributed by atoms with Crippen LogP contribution < -0.4 is 27.0 Å². The Morgan fingerprint density at radius 1 is 1.02 bits per heavy atom. The van der Waals surface area contributed by atoms with E-state index in [2.05, 4.69) is 37.2 Å². The van der Waals surface area contributed by atoms with Crippen molar-refractivity contribution < 1.29 is 33.5 Å². The fourth-order valence-electron chi connectivity index (χ4n) is 4.75. The molecule has 0 unspecified atom stereocenters. The van der Waals surface area contributed by atoms with E-state index in [0.717, 1.165) is 5.56 Å². The number of likely N-dealkylation sites (tertiary alicyclic amines) is 1. The van der Waals surface area contributed by atoms with Crippen molar-refractivity contribution in [3.05, 3.63) is 29.8 Å². The van der Waals surface area contributed by atoms with Gasteiger partial charge in [-0.25, -0.2) is 4.79 Å². The molecule has 1 fully saturated rings. The van der Waals surface area contributed by atoms with Crippen molar-refractivity contribution in [1.29, 1.82) is 0 Å². The van der Waals surface area contributed by atoms with E-state index in [9.17, 15) is 28.8 Å². The predicted octanol–water partition coefficient (Wildman–Crippen LogP) is 2.18. The van der Waals surface area contributed by atoms with E-state index in [4.69, 9.17) is 10.5 Å². The van der Waals surface area contributed by atoms with Gasteiger partial charge in [0.1, 0.15) is 12.1 Å². The topological polar surface area (TPSA) is 189 Å². The number of hydrogen-bond donors (Lipinski definition) is 5. The van der Waals surface area contributed by atoms with E-state index in [-0.39, 0.29) is 43.1 Å².